The molecule has 1 aromatic carbocycles. The van der Waals surface area contributed by atoms with Gasteiger partial charge in [-0.3, -0.25) is 9.89 Å². The van der Waals surface area contributed by atoms with Gasteiger partial charge in [-0.15, -0.1) is 0 Å². The molecule has 0 unspecified atom stereocenters. The van der Waals surface area contributed by atoms with Gasteiger partial charge in [0.25, 0.3) is 5.91 Å². The maximum atomic E-state index is 12.3. The molecule has 2 aromatic heterocycles. The number of hydrogen-bond donors (Lipinski definition) is 1. The van der Waals surface area contributed by atoms with Gasteiger partial charge < -0.3 is 9.32 Å². The summed E-state index contributed by atoms with van der Waals surface area (Å²) in [6, 6.07) is 13.4. The van der Waals surface area contributed by atoms with Crippen molar-refractivity contribution >= 4 is 5.91 Å². The van der Waals surface area contributed by atoms with Crippen LogP contribution in [0.1, 0.15) is 29.2 Å². The SMILES string of the molecule is O=C(c1ccco1)N1CCC(Cc2nc(-c3ccccc3)n[nH]2)CC1. The van der Waals surface area contributed by atoms with Gasteiger partial charge in [0.2, 0.25) is 0 Å². The summed E-state index contributed by atoms with van der Waals surface area (Å²) in [5.41, 5.74) is 1.02. The first-order valence-electron chi connectivity index (χ1n) is 8.59. The normalized spacial score (nSPS) is 15.4. The number of furan rings is 1. The van der Waals surface area contributed by atoms with Crippen LogP contribution in [0.15, 0.2) is 53.1 Å². The lowest BCUT2D eigenvalue weighted by molar-refractivity contribution is 0.0658. The van der Waals surface area contributed by atoms with E-state index in [0.29, 0.717) is 11.7 Å². The number of benzene rings is 1. The Labute approximate surface area is 145 Å². The van der Waals surface area contributed by atoms with E-state index in [1.807, 2.05) is 35.2 Å². The summed E-state index contributed by atoms with van der Waals surface area (Å²) >= 11 is 0. The van der Waals surface area contributed by atoms with Gasteiger partial charge in [-0.25, -0.2) is 4.98 Å². The van der Waals surface area contributed by atoms with Gasteiger partial charge in [0.15, 0.2) is 11.6 Å². The van der Waals surface area contributed by atoms with Gasteiger partial charge in [-0.2, -0.15) is 5.10 Å². The minimum absolute atomic E-state index is 0.0190. The summed E-state index contributed by atoms with van der Waals surface area (Å²) in [6.07, 6.45) is 4.33. The topological polar surface area (TPSA) is 75.0 Å². The Morgan fingerprint density at radius 1 is 1.16 bits per heavy atom. The second-order valence-corrected chi connectivity index (χ2v) is 6.39. The second kappa shape index (κ2) is 6.93. The lowest BCUT2D eigenvalue weighted by Gasteiger charge is -2.31. The number of piperidine rings is 1. The highest BCUT2D eigenvalue weighted by Gasteiger charge is 2.25. The van der Waals surface area contributed by atoms with E-state index in [-0.39, 0.29) is 5.91 Å². The molecule has 3 aromatic rings. The second-order valence-electron chi connectivity index (χ2n) is 6.39. The first kappa shape index (κ1) is 15.6. The molecule has 3 heterocycles. The molecule has 1 fully saturated rings. The molecule has 0 radical (unpaired) electrons. The van der Waals surface area contributed by atoms with Crippen LogP contribution in [0.4, 0.5) is 0 Å². The molecule has 0 saturated carbocycles. The molecule has 6 heteroatoms. The molecular weight excluding hydrogens is 316 g/mol. The zero-order valence-electron chi connectivity index (χ0n) is 13.9. The van der Waals surface area contributed by atoms with Gasteiger partial charge in [-0.1, -0.05) is 30.3 Å². The molecule has 1 N–H and O–H groups in total. The standard InChI is InChI=1S/C19H20N4O2/c24-19(16-7-4-12-25-16)23-10-8-14(9-11-23)13-17-20-18(22-21-17)15-5-2-1-3-6-15/h1-7,12,14H,8-11,13H2,(H,20,21,22). The molecule has 0 atom stereocenters. The van der Waals surface area contributed by atoms with Crippen LogP contribution in [0.2, 0.25) is 0 Å². The summed E-state index contributed by atoms with van der Waals surface area (Å²) in [5, 5.41) is 7.37. The largest absolute Gasteiger partial charge is 0.459 e. The van der Waals surface area contributed by atoms with E-state index in [9.17, 15) is 4.79 Å². The average molecular weight is 336 g/mol. The molecular formula is C19H20N4O2. The fourth-order valence-electron chi connectivity index (χ4n) is 3.27. The Morgan fingerprint density at radius 3 is 2.68 bits per heavy atom. The molecule has 25 heavy (non-hydrogen) atoms. The molecule has 6 nitrogen and oxygen atoms in total. The summed E-state index contributed by atoms with van der Waals surface area (Å²) in [7, 11) is 0. The van der Waals surface area contributed by atoms with Crippen molar-refractivity contribution in [3.63, 3.8) is 0 Å². The van der Waals surface area contributed by atoms with Crippen LogP contribution >= 0.6 is 0 Å². The number of nitrogens with zero attached hydrogens (tertiary/aromatic N) is 3. The number of aromatic amines is 1. The summed E-state index contributed by atoms with van der Waals surface area (Å²) in [5.74, 6) is 2.56. The van der Waals surface area contributed by atoms with Gasteiger partial charge >= 0.3 is 0 Å². The molecule has 128 valence electrons. The van der Waals surface area contributed by atoms with E-state index in [2.05, 4.69) is 15.2 Å². The van der Waals surface area contributed by atoms with Gasteiger partial charge in [-0.05, 0) is 30.9 Å². The number of hydrogen-bond acceptors (Lipinski definition) is 4. The Hall–Kier alpha value is -2.89. The van der Waals surface area contributed by atoms with E-state index < -0.39 is 0 Å². The van der Waals surface area contributed by atoms with Crippen molar-refractivity contribution in [2.75, 3.05) is 13.1 Å². The summed E-state index contributed by atoms with van der Waals surface area (Å²) < 4.78 is 5.20. The average Bonchev–Trinajstić information content (AvgIpc) is 3.35. The van der Waals surface area contributed by atoms with Crippen molar-refractivity contribution in [3.05, 3.63) is 60.3 Å². The fraction of sp³-hybridized carbons (Fsp3) is 0.316. The van der Waals surface area contributed by atoms with Crippen molar-refractivity contribution < 1.29 is 9.21 Å². The van der Waals surface area contributed by atoms with Crippen LogP contribution in [0.3, 0.4) is 0 Å². The van der Waals surface area contributed by atoms with Gasteiger partial charge in [0, 0.05) is 25.1 Å². The number of nitrogens with one attached hydrogen (secondary N) is 1. The number of rotatable bonds is 4. The Kier molecular flexibility index (Phi) is 4.33. The third kappa shape index (κ3) is 3.47. The van der Waals surface area contributed by atoms with Crippen LogP contribution in [0, 0.1) is 5.92 Å². The number of carbonyl (C=O) groups excluding carboxylic acids is 1. The zero-order valence-corrected chi connectivity index (χ0v) is 13.9. The van der Waals surface area contributed by atoms with Crippen molar-refractivity contribution in [1.82, 2.24) is 20.1 Å². The monoisotopic (exact) mass is 336 g/mol. The van der Waals surface area contributed by atoms with E-state index in [4.69, 9.17) is 4.42 Å². The van der Waals surface area contributed by atoms with Crippen molar-refractivity contribution in [2.24, 2.45) is 5.92 Å². The molecule has 1 aliphatic heterocycles. The van der Waals surface area contributed by atoms with Gasteiger partial charge in [0.1, 0.15) is 5.82 Å². The summed E-state index contributed by atoms with van der Waals surface area (Å²) in [4.78, 5) is 18.8. The lowest BCUT2D eigenvalue weighted by Crippen LogP contribution is -2.38. The molecule has 1 saturated heterocycles. The number of H-pyrrole nitrogens is 1. The third-order valence-electron chi connectivity index (χ3n) is 4.68. The molecule has 1 amide bonds. The minimum Gasteiger partial charge on any atom is -0.459 e. The molecule has 0 bridgehead atoms. The van der Waals surface area contributed by atoms with Gasteiger partial charge in [0.05, 0.1) is 6.26 Å². The number of carbonyl (C=O) groups is 1. The quantitative estimate of drug-likeness (QED) is 0.794. The van der Waals surface area contributed by atoms with Crippen LogP contribution in [0.25, 0.3) is 11.4 Å². The predicted octanol–water partition coefficient (Wildman–Crippen LogP) is 3.16. The molecule has 0 spiro atoms. The maximum Gasteiger partial charge on any atom is 0.289 e. The highest BCUT2D eigenvalue weighted by molar-refractivity contribution is 5.91. The van der Waals surface area contributed by atoms with Crippen molar-refractivity contribution in [3.8, 4) is 11.4 Å². The van der Waals surface area contributed by atoms with Crippen LogP contribution in [0.5, 0.6) is 0 Å². The minimum atomic E-state index is -0.0190. The fourth-order valence-corrected chi connectivity index (χ4v) is 3.27. The van der Waals surface area contributed by atoms with Crippen LogP contribution in [-0.2, 0) is 6.42 Å². The smallest absolute Gasteiger partial charge is 0.289 e. The predicted molar refractivity (Wildman–Crippen MR) is 92.9 cm³/mol. The first-order valence-corrected chi connectivity index (χ1v) is 8.59. The zero-order chi connectivity index (χ0) is 17.1. The third-order valence-corrected chi connectivity index (χ3v) is 4.68. The Balaban J connectivity index is 1.33. The number of likely N-dealkylation sites (tertiary alicyclic amines) is 1. The lowest BCUT2D eigenvalue weighted by atomic mass is 9.93. The molecule has 0 aliphatic carbocycles. The Bertz CT molecular complexity index is 818. The van der Waals surface area contributed by atoms with Crippen LogP contribution in [-0.4, -0.2) is 39.1 Å². The molecule has 4 rings (SSSR count). The molecule has 1 aliphatic rings. The number of amides is 1. The highest BCUT2D eigenvalue weighted by Crippen LogP contribution is 2.23. The van der Waals surface area contributed by atoms with Crippen molar-refractivity contribution in [2.45, 2.75) is 19.3 Å². The first-order chi connectivity index (χ1) is 12.3. The summed E-state index contributed by atoms with van der Waals surface area (Å²) in [6.45, 7) is 1.51. The van der Waals surface area contributed by atoms with E-state index in [1.54, 1.807) is 12.1 Å². The Morgan fingerprint density at radius 2 is 1.96 bits per heavy atom. The van der Waals surface area contributed by atoms with Crippen LogP contribution < -0.4 is 0 Å². The van der Waals surface area contributed by atoms with E-state index in [0.717, 1.165) is 49.6 Å². The number of aromatic nitrogens is 3. The van der Waals surface area contributed by atoms with E-state index in [1.165, 1.54) is 6.26 Å². The maximum absolute atomic E-state index is 12.3. The van der Waals surface area contributed by atoms with Crippen molar-refractivity contribution in [1.29, 1.82) is 0 Å². The van der Waals surface area contributed by atoms with E-state index >= 15 is 0 Å². The highest BCUT2D eigenvalue weighted by atomic mass is 16.3.